The molecule has 0 bridgehead atoms. The van der Waals surface area contributed by atoms with E-state index in [-0.39, 0.29) is 11.9 Å². The van der Waals surface area contributed by atoms with Crippen LogP contribution >= 0.6 is 22.6 Å². The Kier molecular flexibility index (Phi) is 6.12. The Hall–Kier alpha value is -0.580. The van der Waals surface area contributed by atoms with E-state index >= 15 is 0 Å². The van der Waals surface area contributed by atoms with Crippen molar-refractivity contribution in [1.29, 1.82) is 0 Å². The zero-order valence-corrected chi connectivity index (χ0v) is 13.6. The molecule has 0 saturated heterocycles. The van der Waals surface area contributed by atoms with E-state index < -0.39 is 0 Å². The molecule has 0 N–H and O–H groups in total. The number of benzene rings is 1. The second-order valence-corrected chi connectivity index (χ2v) is 6.49. The number of carbonyl (C=O) groups excluding carboxylic acids is 1. The number of carbonyl (C=O) groups is 1. The highest BCUT2D eigenvalue weighted by atomic mass is 127. The summed E-state index contributed by atoms with van der Waals surface area (Å²) in [4.78, 5) is 12.2. The van der Waals surface area contributed by atoms with Gasteiger partial charge in [-0.1, -0.05) is 39.8 Å². The van der Waals surface area contributed by atoms with Crippen LogP contribution in [0.4, 0.5) is 0 Å². The summed E-state index contributed by atoms with van der Waals surface area (Å²) in [5, 5.41) is 0. The standard InChI is InChI=1S/C15H21IO2/c1-10(2)9-12(11(3)4)15(17)18-14-8-6-5-7-13(14)16/h5-8,10-12H,9H2,1-4H3. The van der Waals surface area contributed by atoms with E-state index in [1.54, 1.807) is 0 Å². The Balaban J connectivity index is 2.76. The SMILES string of the molecule is CC(C)CC(C(=O)Oc1ccccc1I)C(C)C. The number of ether oxygens (including phenoxy) is 1. The van der Waals surface area contributed by atoms with Gasteiger partial charge in [0.05, 0.1) is 9.49 Å². The number of esters is 1. The Morgan fingerprint density at radius 3 is 2.33 bits per heavy atom. The van der Waals surface area contributed by atoms with Crippen molar-refractivity contribution in [2.75, 3.05) is 0 Å². The molecule has 0 aromatic heterocycles. The molecular weight excluding hydrogens is 339 g/mol. The lowest BCUT2D eigenvalue weighted by Gasteiger charge is -2.21. The van der Waals surface area contributed by atoms with Gasteiger partial charge in [-0.05, 0) is 53.0 Å². The van der Waals surface area contributed by atoms with Crippen LogP contribution in [0.1, 0.15) is 34.1 Å². The molecule has 0 radical (unpaired) electrons. The summed E-state index contributed by atoms with van der Waals surface area (Å²) in [5.41, 5.74) is 0. The maximum absolute atomic E-state index is 12.2. The van der Waals surface area contributed by atoms with Crippen molar-refractivity contribution in [2.24, 2.45) is 17.8 Å². The Bertz CT molecular complexity index is 399. The largest absolute Gasteiger partial charge is 0.425 e. The predicted molar refractivity (Wildman–Crippen MR) is 82.6 cm³/mol. The Labute approximate surface area is 123 Å². The fourth-order valence-electron chi connectivity index (χ4n) is 1.86. The van der Waals surface area contributed by atoms with Gasteiger partial charge >= 0.3 is 5.97 Å². The minimum absolute atomic E-state index is 0.0268. The lowest BCUT2D eigenvalue weighted by atomic mass is 9.88. The molecule has 0 heterocycles. The average molecular weight is 360 g/mol. The monoisotopic (exact) mass is 360 g/mol. The molecule has 1 rings (SSSR count). The first-order chi connectivity index (χ1) is 8.41. The lowest BCUT2D eigenvalue weighted by molar-refractivity contribution is -0.141. The minimum Gasteiger partial charge on any atom is -0.425 e. The number of halogens is 1. The molecule has 0 aliphatic rings. The maximum Gasteiger partial charge on any atom is 0.314 e. The van der Waals surface area contributed by atoms with E-state index in [0.717, 1.165) is 9.99 Å². The van der Waals surface area contributed by atoms with Crippen LogP contribution in [0.25, 0.3) is 0 Å². The van der Waals surface area contributed by atoms with E-state index in [0.29, 0.717) is 17.6 Å². The van der Waals surface area contributed by atoms with Crippen LogP contribution in [0.2, 0.25) is 0 Å². The van der Waals surface area contributed by atoms with E-state index in [9.17, 15) is 4.79 Å². The van der Waals surface area contributed by atoms with Crippen LogP contribution in [0.5, 0.6) is 5.75 Å². The second-order valence-electron chi connectivity index (χ2n) is 5.33. The van der Waals surface area contributed by atoms with Gasteiger partial charge < -0.3 is 4.74 Å². The van der Waals surface area contributed by atoms with Crippen LogP contribution in [-0.4, -0.2) is 5.97 Å². The lowest BCUT2D eigenvalue weighted by Crippen LogP contribution is -2.26. The molecule has 1 unspecified atom stereocenters. The first-order valence-electron chi connectivity index (χ1n) is 6.38. The molecule has 0 aliphatic carbocycles. The van der Waals surface area contributed by atoms with Crippen molar-refractivity contribution in [3.63, 3.8) is 0 Å². The molecule has 100 valence electrons. The average Bonchev–Trinajstić information content (AvgIpc) is 2.28. The fourth-order valence-corrected chi connectivity index (χ4v) is 2.36. The molecular formula is C15H21IO2. The van der Waals surface area contributed by atoms with Crippen LogP contribution in [0.3, 0.4) is 0 Å². The molecule has 1 aromatic carbocycles. The molecule has 2 nitrogen and oxygen atoms in total. The minimum atomic E-state index is -0.109. The molecule has 0 amide bonds. The summed E-state index contributed by atoms with van der Waals surface area (Å²) >= 11 is 2.18. The summed E-state index contributed by atoms with van der Waals surface area (Å²) in [6.07, 6.45) is 0.875. The number of rotatable bonds is 5. The van der Waals surface area contributed by atoms with E-state index in [1.807, 2.05) is 24.3 Å². The van der Waals surface area contributed by atoms with Gasteiger partial charge in [0.25, 0.3) is 0 Å². The third-order valence-corrected chi connectivity index (χ3v) is 3.77. The van der Waals surface area contributed by atoms with Gasteiger partial charge in [-0.25, -0.2) is 0 Å². The smallest absolute Gasteiger partial charge is 0.314 e. The summed E-state index contributed by atoms with van der Waals surface area (Å²) in [5.74, 6) is 1.34. The Morgan fingerprint density at radius 2 is 1.83 bits per heavy atom. The van der Waals surface area contributed by atoms with Gasteiger partial charge in [-0.2, -0.15) is 0 Å². The van der Waals surface area contributed by atoms with Crippen LogP contribution < -0.4 is 4.74 Å². The van der Waals surface area contributed by atoms with Crippen molar-refractivity contribution in [1.82, 2.24) is 0 Å². The number of hydrogen-bond donors (Lipinski definition) is 0. The quantitative estimate of drug-likeness (QED) is 0.439. The Morgan fingerprint density at radius 1 is 1.22 bits per heavy atom. The van der Waals surface area contributed by atoms with Crippen LogP contribution in [0, 0.1) is 21.3 Å². The summed E-state index contributed by atoms with van der Waals surface area (Å²) in [7, 11) is 0. The van der Waals surface area contributed by atoms with E-state index in [4.69, 9.17) is 4.74 Å². The summed E-state index contributed by atoms with van der Waals surface area (Å²) < 4.78 is 6.49. The van der Waals surface area contributed by atoms with Crippen LogP contribution in [-0.2, 0) is 4.79 Å². The molecule has 0 fully saturated rings. The molecule has 0 spiro atoms. The van der Waals surface area contributed by atoms with Gasteiger partial charge in [0.2, 0.25) is 0 Å². The third-order valence-electron chi connectivity index (χ3n) is 2.88. The van der Waals surface area contributed by atoms with Gasteiger partial charge in [0.1, 0.15) is 5.75 Å². The first-order valence-corrected chi connectivity index (χ1v) is 7.46. The predicted octanol–water partition coefficient (Wildman–Crippen LogP) is 4.51. The number of para-hydroxylation sites is 1. The second kappa shape index (κ2) is 7.12. The fraction of sp³-hybridized carbons (Fsp3) is 0.533. The van der Waals surface area contributed by atoms with Crippen molar-refractivity contribution in [3.05, 3.63) is 27.8 Å². The third kappa shape index (κ3) is 4.59. The van der Waals surface area contributed by atoms with Gasteiger partial charge in [-0.15, -0.1) is 0 Å². The maximum atomic E-state index is 12.2. The zero-order chi connectivity index (χ0) is 13.7. The number of hydrogen-bond acceptors (Lipinski definition) is 2. The van der Waals surface area contributed by atoms with Crippen molar-refractivity contribution < 1.29 is 9.53 Å². The van der Waals surface area contributed by atoms with Crippen LogP contribution in [0.15, 0.2) is 24.3 Å². The van der Waals surface area contributed by atoms with Crippen molar-refractivity contribution in [3.8, 4) is 5.75 Å². The molecule has 1 atom stereocenters. The summed E-state index contributed by atoms with van der Waals surface area (Å²) in [6.45, 7) is 8.42. The first kappa shape index (κ1) is 15.5. The topological polar surface area (TPSA) is 26.3 Å². The van der Waals surface area contributed by atoms with E-state index in [2.05, 4.69) is 50.3 Å². The molecule has 0 aliphatic heterocycles. The summed E-state index contributed by atoms with van der Waals surface area (Å²) in [6, 6.07) is 7.60. The van der Waals surface area contributed by atoms with Gasteiger partial charge in [0, 0.05) is 0 Å². The van der Waals surface area contributed by atoms with Gasteiger partial charge in [0.15, 0.2) is 0 Å². The highest BCUT2D eigenvalue weighted by molar-refractivity contribution is 14.1. The van der Waals surface area contributed by atoms with Crippen molar-refractivity contribution >= 4 is 28.6 Å². The molecule has 3 heteroatoms. The molecule has 18 heavy (non-hydrogen) atoms. The van der Waals surface area contributed by atoms with Gasteiger partial charge in [-0.3, -0.25) is 4.79 Å². The highest BCUT2D eigenvalue weighted by Gasteiger charge is 2.25. The normalized spacial score (nSPS) is 12.8. The molecule has 0 saturated carbocycles. The highest BCUT2D eigenvalue weighted by Crippen LogP contribution is 2.25. The van der Waals surface area contributed by atoms with E-state index in [1.165, 1.54) is 0 Å². The molecule has 1 aromatic rings. The van der Waals surface area contributed by atoms with Crippen molar-refractivity contribution in [2.45, 2.75) is 34.1 Å². The zero-order valence-electron chi connectivity index (χ0n) is 11.4.